The van der Waals surface area contributed by atoms with Crippen molar-refractivity contribution in [1.29, 1.82) is 0 Å². The van der Waals surface area contributed by atoms with Crippen molar-refractivity contribution in [2.75, 3.05) is 13.2 Å². The van der Waals surface area contributed by atoms with Crippen LogP contribution in [-0.2, 0) is 28.6 Å². The van der Waals surface area contributed by atoms with Crippen LogP contribution in [0.25, 0.3) is 0 Å². The number of ether oxygens (including phenoxy) is 3. The molecule has 0 aliphatic rings. The highest BCUT2D eigenvalue weighted by Crippen LogP contribution is 2.11. The van der Waals surface area contributed by atoms with Gasteiger partial charge in [-0.15, -0.1) is 0 Å². The fourth-order valence-electron chi connectivity index (χ4n) is 5.66. The fraction of sp³-hybridized carbons (Fsp3) is 0.627. The summed E-state index contributed by atoms with van der Waals surface area (Å²) in [4.78, 5) is 37.7. The minimum Gasteiger partial charge on any atom is -0.462 e. The number of hydrogen-bond acceptors (Lipinski definition) is 6. The minimum absolute atomic E-state index is 0.109. The summed E-state index contributed by atoms with van der Waals surface area (Å²) in [5.41, 5.74) is 0. The summed E-state index contributed by atoms with van der Waals surface area (Å²) in [5, 5.41) is 0. The second-order valence-electron chi connectivity index (χ2n) is 14.5. The third-order valence-electron chi connectivity index (χ3n) is 9.05. The molecule has 0 bridgehead atoms. The summed E-state index contributed by atoms with van der Waals surface area (Å²) < 4.78 is 16.6. The van der Waals surface area contributed by atoms with E-state index in [0.717, 1.165) is 116 Å². The first-order valence-electron chi connectivity index (χ1n) is 22.7. The Bertz CT molecular complexity index is 1180. The van der Waals surface area contributed by atoms with Gasteiger partial charge in [-0.3, -0.25) is 14.4 Å². The molecule has 0 rings (SSSR count). The Balaban J connectivity index is 4.53. The molecule has 0 amide bonds. The van der Waals surface area contributed by atoms with Crippen molar-refractivity contribution in [3.63, 3.8) is 0 Å². The number of rotatable bonds is 39. The maximum absolute atomic E-state index is 12.7. The van der Waals surface area contributed by atoms with Gasteiger partial charge in [-0.1, -0.05) is 157 Å². The van der Waals surface area contributed by atoms with Crippen molar-refractivity contribution >= 4 is 17.9 Å². The van der Waals surface area contributed by atoms with E-state index in [2.05, 4.69) is 118 Å². The summed E-state index contributed by atoms with van der Waals surface area (Å²) in [6.45, 7) is 6.27. The van der Waals surface area contributed by atoms with Crippen molar-refractivity contribution in [3.05, 3.63) is 97.2 Å². The molecule has 0 fully saturated rings. The molecule has 0 aromatic rings. The van der Waals surface area contributed by atoms with Crippen molar-refractivity contribution in [2.24, 2.45) is 0 Å². The van der Waals surface area contributed by atoms with Gasteiger partial charge in [0.1, 0.15) is 13.2 Å². The Morgan fingerprint density at radius 3 is 1.14 bits per heavy atom. The second kappa shape index (κ2) is 45.0. The lowest BCUT2D eigenvalue weighted by atomic mass is 10.1. The summed E-state index contributed by atoms with van der Waals surface area (Å²) in [7, 11) is 0. The largest absolute Gasteiger partial charge is 0.462 e. The highest BCUT2D eigenvalue weighted by Gasteiger charge is 2.19. The molecule has 0 aliphatic carbocycles. The average Bonchev–Trinajstić information content (AvgIpc) is 3.21. The van der Waals surface area contributed by atoms with Crippen LogP contribution < -0.4 is 0 Å². The first kappa shape index (κ1) is 53.3. The van der Waals surface area contributed by atoms with Crippen LogP contribution >= 0.6 is 0 Å². The summed E-state index contributed by atoms with van der Waals surface area (Å²) in [5.74, 6) is -1.00. The van der Waals surface area contributed by atoms with Crippen LogP contribution in [0.2, 0.25) is 0 Å². The second-order valence-corrected chi connectivity index (χ2v) is 14.5. The zero-order valence-corrected chi connectivity index (χ0v) is 36.6. The van der Waals surface area contributed by atoms with E-state index in [1.807, 2.05) is 0 Å². The van der Waals surface area contributed by atoms with E-state index in [1.54, 1.807) is 0 Å². The fourth-order valence-corrected chi connectivity index (χ4v) is 5.66. The average molecular weight is 791 g/mol. The molecule has 6 heteroatoms. The Morgan fingerprint density at radius 2 is 0.684 bits per heavy atom. The van der Waals surface area contributed by atoms with Crippen molar-refractivity contribution in [1.82, 2.24) is 0 Å². The molecule has 1 unspecified atom stereocenters. The van der Waals surface area contributed by atoms with Crippen molar-refractivity contribution in [3.8, 4) is 0 Å². The zero-order valence-electron chi connectivity index (χ0n) is 36.6. The maximum atomic E-state index is 12.7. The molecule has 6 nitrogen and oxygen atoms in total. The predicted octanol–water partition coefficient (Wildman–Crippen LogP) is 14.6. The molecule has 0 spiro atoms. The van der Waals surface area contributed by atoms with E-state index >= 15 is 0 Å². The molecular weight excluding hydrogens is 709 g/mol. The van der Waals surface area contributed by atoms with E-state index in [0.29, 0.717) is 19.3 Å². The SMILES string of the molecule is CC/C=C\C/C=C\C/C=C\C/C=C\CCCCC(=O)OCC(COC(=O)CCCCCCC/C=C\CCCC)OC(=O)CCCCC/C=C\C/C=C\C/C=C\CC. The molecule has 57 heavy (non-hydrogen) atoms. The van der Waals surface area contributed by atoms with E-state index < -0.39 is 6.10 Å². The van der Waals surface area contributed by atoms with Crippen LogP contribution in [0.3, 0.4) is 0 Å². The van der Waals surface area contributed by atoms with Gasteiger partial charge in [-0.25, -0.2) is 0 Å². The lowest BCUT2D eigenvalue weighted by Gasteiger charge is -2.18. The van der Waals surface area contributed by atoms with Crippen LogP contribution in [0.15, 0.2) is 97.2 Å². The summed E-state index contributed by atoms with van der Waals surface area (Å²) in [6, 6.07) is 0. The topological polar surface area (TPSA) is 78.9 Å². The number of unbranched alkanes of at least 4 members (excludes halogenated alkanes) is 12. The number of allylic oxidation sites excluding steroid dienone is 16. The highest BCUT2D eigenvalue weighted by atomic mass is 16.6. The molecule has 0 heterocycles. The van der Waals surface area contributed by atoms with E-state index in [1.165, 1.54) is 25.7 Å². The Morgan fingerprint density at radius 1 is 0.368 bits per heavy atom. The van der Waals surface area contributed by atoms with Crippen molar-refractivity contribution in [2.45, 2.75) is 194 Å². The lowest BCUT2D eigenvalue weighted by Crippen LogP contribution is -2.30. The number of esters is 3. The predicted molar refractivity (Wildman–Crippen MR) is 242 cm³/mol. The monoisotopic (exact) mass is 791 g/mol. The van der Waals surface area contributed by atoms with Gasteiger partial charge in [0.25, 0.3) is 0 Å². The van der Waals surface area contributed by atoms with Crippen LogP contribution in [-0.4, -0.2) is 37.2 Å². The van der Waals surface area contributed by atoms with Gasteiger partial charge < -0.3 is 14.2 Å². The first-order chi connectivity index (χ1) is 28.0. The molecule has 0 radical (unpaired) electrons. The van der Waals surface area contributed by atoms with E-state index in [9.17, 15) is 14.4 Å². The summed E-state index contributed by atoms with van der Waals surface area (Å²) >= 11 is 0. The van der Waals surface area contributed by atoms with Gasteiger partial charge in [-0.05, 0) is 109 Å². The van der Waals surface area contributed by atoms with Crippen LogP contribution in [0.1, 0.15) is 188 Å². The van der Waals surface area contributed by atoms with Crippen molar-refractivity contribution < 1.29 is 28.6 Å². The van der Waals surface area contributed by atoms with Gasteiger partial charge in [0.2, 0.25) is 0 Å². The number of carbonyl (C=O) groups is 3. The van der Waals surface area contributed by atoms with Crippen LogP contribution in [0.5, 0.6) is 0 Å². The van der Waals surface area contributed by atoms with Crippen LogP contribution in [0, 0.1) is 0 Å². The third-order valence-corrected chi connectivity index (χ3v) is 9.05. The molecular formula is C51H82O6. The first-order valence-corrected chi connectivity index (χ1v) is 22.7. The molecule has 1 atom stereocenters. The standard InChI is InChI=1S/C51H82O6/c1-4-7-10-13-16-19-22-24-25-27-29-32-35-38-41-44-50(53)56-47-48(46-55-49(52)43-40-37-34-31-28-21-18-15-12-9-6-3)57-51(54)45-42-39-36-33-30-26-23-20-17-14-11-8-5-2/h7-8,10-11,15-20,24-26,29-30,32,48H,4-6,9,12-14,21-23,27-28,31,33-47H2,1-3H3/b10-7-,11-8-,18-15-,19-16-,20-17-,25-24-,30-26-,32-29-. The molecule has 322 valence electrons. The molecule has 0 N–H and O–H groups in total. The number of carbonyl (C=O) groups excluding carboxylic acids is 3. The lowest BCUT2D eigenvalue weighted by molar-refractivity contribution is -0.167. The van der Waals surface area contributed by atoms with Gasteiger partial charge in [0.15, 0.2) is 6.10 Å². The highest BCUT2D eigenvalue weighted by molar-refractivity contribution is 5.71. The Hall–Kier alpha value is -3.67. The van der Waals surface area contributed by atoms with Crippen LogP contribution in [0.4, 0.5) is 0 Å². The maximum Gasteiger partial charge on any atom is 0.306 e. The smallest absolute Gasteiger partial charge is 0.306 e. The Kier molecular flexibility index (Phi) is 42.1. The van der Waals surface area contributed by atoms with Gasteiger partial charge in [0.05, 0.1) is 0 Å². The quantitative estimate of drug-likeness (QED) is 0.0267. The molecule has 0 aromatic heterocycles. The van der Waals surface area contributed by atoms with E-state index in [4.69, 9.17) is 14.2 Å². The summed E-state index contributed by atoms with van der Waals surface area (Å²) in [6.07, 6.45) is 58.2. The number of hydrogen-bond donors (Lipinski definition) is 0. The van der Waals surface area contributed by atoms with Gasteiger partial charge in [-0.2, -0.15) is 0 Å². The third kappa shape index (κ3) is 43.3. The molecule has 0 aliphatic heterocycles. The molecule has 0 aromatic carbocycles. The van der Waals surface area contributed by atoms with E-state index in [-0.39, 0.29) is 37.5 Å². The van der Waals surface area contributed by atoms with Gasteiger partial charge in [0, 0.05) is 19.3 Å². The minimum atomic E-state index is -0.811. The normalized spacial score (nSPS) is 13.0. The molecule has 0 saturated carbocycles. The Labute approximate surface area is 349 Å². The van der Waals surface area contributed by atoms with Gasteiger partial charge >= 0.3 is 17.9 Å². The molecule has 0 saturated heterocycles. The zero-order chi connectivity index (χ0) is 41.5.